The minimum absolute atomic E-state index is 0.711. The van der Waals surface area contributed by atoms with Crippen molar-refractivity contribution in [1.82, 2.24) is 14.9 Å². The number of hydrogen-bond acceptors (Lipinski definition) is 6. The van der Waals surface area contributed by atoms with Crippen LogP contribution in [0, 0.1) is 0 Å². The number of fused-ring (bicyclic) bond motifs is 5. The summed E-state index contributed by atoms with van der Waals surface area (Å²) in [6.45, 7) is 0.711. The van der Waals surface area contributed by atoms with Crippen LogP contribution in [0.3, 0.4) is 0 Å². The largest absolute Gasteiger partial charge is 0.345 e. The third-order valence-electron chi connectivity index (χ3n) is 6.83. The molecular weight excluding hydrogens is 456 g/mol. The Morgan fingerprint density at radius 1 is 0.649 bits per heavy atom. The van der Waals surface area contributed by atoms with Gasteiger partial charge in [-0.1, -0.05) is 48.5 Å². The first-order valence-electron chi connectivity index (χ1n) is 12.3. The van der Waals surface area contributed by atoms with E-state index in [1.165, 1.54) is 0 Å². The fraction of sp³-hybridized carbons (Fsp3) is 0.0645. The van der Waals surface area contributed by atoms with Crippen LogP contribution in [-0.4, -0.2) is 34.9 Å². The van der Waals surface area contributed by atoms with Crippen LogP contribution in [0.5, 0.6) is 0 Å². The summed E-state index contributed by atoms with van der Waals surface area (Å²) >= 11 is 0. The summed E-state index contributed by atoms with van der Waals surface area (Å²) in [7, 11) is 2.03. The zero-order chi connectivity index (χ0) is 24.8. The van der Waals surface area contributed by atoms with E-state index >= 15 is 0 Å². The van der Waals surface area contributed by atoms with Crippen LogP contribution < -0.4 is 9.91 Å². The molecule has 0 saturated heterocycles. The van der Waals surface area contributed by atoms with Crippen molar-refractivity contribution in [3.8, 4) is 33.6 Å². The third kappa shape index (κ3) is 3.62. The maximum Gasteiger partial charge on any atom is 0.113 e. The zero-order valence-electron chi connectivity index (χ0n) is 20.4. The van der Waals surface area contributed by atoms with Gasteiger partial charge in [-0.15, -0.1) is 0 Å². The predicted octanol–water partition coefficient (Wildman–Crippen LogP) is 6.91. The smallest absolute Gasteiger partial charge is 0.113 e. The number of pyridine rings is 2. The predicted molar refractivity (Wildman–Crippen MR) is 150 cm³/mol. The van der Waals surface area contributed by atoms with Gasteiger partial charge >= 0.3 is 0 Å². The second-order valence-corrected chi connectivity index (χ2v) is 9.25. The Morgan fingerprint density at radius 2 is 1.51 bits per heavy atom. The number of benzene rings is 3. The molecule has 2 aliphatic heterocycles. The van der Waals surface area contributed by atoms with Gasteiger partial charge in [-0.05, 0) is 48.5 Å². The van der Waals surface area contributed by atoms with Gasteiger partial charge in [-0.3, -0.25) is 9.97 Å². The standard InChI is InChI=1S/C31H24N6/c1-35-20-34-36(21-35)23-14-15-25-26-11-7-17-33-31(26)27-10-2-3-13-29(27)37(30(25)19-23)24-9-6-8-22(18-24)28-12-4-5-16-32-28/h2-20H,21H2,1H3. The molecule has 3 aromatic carbocycles. The molecule has 0 atom stereocenters. The van der Waals surface area contributed by atoms with Crippen molar-refractivity contribution in [2.75, 3.05) is 23.6 Å². The molecule has 0 amide bonds. The van der Waals surface area contributed by atoms with Crippen LogP contribution in [0.4, 0.5) is 22.7 Å². The average Bonchev–Trinajstić information content (AvgIpc) is 3.35. The Bertz CT molecular complexity index is 1650. The van der Waals surface area contributed by atoms with E-state index in [-0.39, 0.29) is 0 Å². The summed E-state index contributed by atoms with van der Waals surface area (Å²) in [5.41, 5.74) is 10.6. The first kappa shape index (κ1) is 21.3. The fourth-order valence-corrected chi connectivity index (χ4v) is 5.13. The van der Waals surface area contributed by atoms with E-state index < -0.39 is 0 Å². The molecule has 0 spiro atoms. The molecule has 6 nitrogen and oxygen atoms in total. The summed E-state index contributed by atoms with van der Waals surface area (Å²) in [6, 6.07) is 33.8. The SMILES string of the molecule is CN1C=NN(c2ccc3c(c2)N(c2cccc(-c4ccccn4)c2)c2ccccc2-c2ncccc2-3)C1. The van der Waals surface area contributed by atoms with Crippen LogP contribution in [-0.2, 0) is 0 Å². The van der Waals surface area contributed by atoms with E-state index in [9.17, 15) is 0 Å². The quantitative estimate of drug-likeness (QED) is 0.275. The minimum atomic E-state index is 0.711. The summed E-state index contributed by atoms with van der Waals surface area (Å²) in [5, 5.41) is 6.61. The van der Waals surface area contributed by atoms with Gasteiger partial charge in [-0.2, -0.15) is 5.10 Å². The molecule has 178 valence electrons. The second-order valence-electron chi connectivity index (χ2n) is 9.25. The van der Waals surface area contributed by atoms with Gasteiger partial charge in [0.1, 0.15) is 13.0 Å². The number of rotatable bonds is 3. The highest BCUT2D eigenvalue weighted by Crippen LogP contribution is 2.51. The highest BCUT2D eigenvalue weighted by molar-refractivity contribution is 6.02. The van der Waals surface area contributed by atoms with Gasteiger partial charge < -0.3 is 9.80 Å². The molecule has 0 radical (unpaired) electrons. The minimum Gasteiger partial charge on any atom is -0.345 e. The highest BCUT2D eigenvalue weighted by Gasteiger charge is 2.28. The first-order chi connectivity index (χ1) is 18.3. The molecular formula is C31H24N6. The van der Waals surface area contributed by atoms with Crippen molar-refractivity contribution in [3.05, 3.63) is 109 Å². The van der Waals surface area contributed by atoms with Crippen molar-refractivity contribution in [3.63, 3.8) is 0 Å². The lowest BCUT2D eigenvalue weighted by Crippen LogP contribution is -2.23. The van der Waals surface area contributed by atoms with Crippen LogP contribution in [0.1, 0.15) is 0 Å². The first-order valence-corrected chi connectivity index (χ1v) is 12.3. The average molecular weight is 481 g/mol. The number of hydrazone groups is 1. The molecule has 2 aliphatic rings. The van der Waals surface area contributed by atoms with Crippen LogP contribution in [0.2, 0.25) is 0 Å². The van der Waals surface area contributed by atoms with Crippen molar-refractivity contribution in [2.45, 2.75) is 0 Å². The monoisotopic (exact) mass is 480 g/mol. The molecule has 5 aromatic rings. The summed E-state index contributed by atoms with van der Waals surface area (Å²) in [6.07, 6.45) is 5.56. The summed E-state index contributed by atoms with van der Waals surface area (Å²) < 4.78 is 0. The molecule has 0 saturated carbocycles. The Morgan fingerprint density at radius 3 is 2.38 bits per heavy atom. The Balaban J connectivity index is 1.49. The van der Waals surface area contributed by atoms with E-state index in [0.717, 1.165) is 56.4 Å². The molecule has 0 unspecified atom stereocenters. The maximum absolute atomic E-state index is 4.85. The highest BCUT2D eigenvalue weighted by atomic mass is 15.6. The van der Waals surface area contributed by atoms with E-state index in [1.807, 2.05) is 55.1 Å². The van der Waals surface area contributed by atoms with E-state index in [4.69, 9.17) is 4.98 Å². The molecule has 0 N–H and O–H groups in total. The molecule has 0 aliphatic carbocycles. The summed E-state index contributed by atoms with van der Waals surface area (Å²) in [5.74, 6) is 0. The lowest BCUT2D eigenvalue weighted by Gasteiger charge is -2.28. The van der Waals surface area contributed by atoms with Gasteiger partial charge in [-0.25, -0.2) is 5.01 Å². The Hall–Kier alpha value is -4.97. The number of aromatic nitrogens is 2. The number of nitrogens with zero attached hydrogens (tertiary/aromatic N) is 6. The number of hydrogen-bond donors (Lipinski definition) is 0. The van der Waals surface area contributed by atoms with Gasteiger partial charge in [0.2, 0.25) is 0 Å². The molecule has 4 heterocycles. The van der Waals surface area contributed by atoms with Gasteiger partial charge in [0.15, 0.2) is 0 Å². The Kier molecular flexibility index (Phi) is 4.96. The van der Waals surface area contributed by atoms with Gasteiger partial charge in [0.05, 0.1) is 28.5 Å². The van der Waals surface area contributed by atoms with Crippen molar-refractivity contribution in [1.29, 1.82) is 0 Å². The Labute approximate surface area is 215 Å². The van der Waals surface area contributed by atoms with E-state index in [1.54, 1.807) is 0 Å². The van der Waals surface area contributed by atoms with Crippen LogP contribution in [0.15, 0.2) is 115 Å². The number of para-hydroxylation sites is 1. The lowest BCUT2D eigenvalue weighted by molar-refractivity contribution is 0.549. The van der Waals surface area contributed by atoms with Crippen molar-refractivity contribution < 1.29 is 0 Å². The zero-order valence-corrected chi connectivity index (χ0v) is 20.4. The van der Waals surface area contributed by atoms with Gasteiger partial charge in [0.25, 0.3) is 0 Å². The lowest BCUT2D eigenvalue weighted by atomic mass is 9.99. The van der Waals surface area contributed by atoms with Crippen molar-refractivity contribution >= 4 is 29.1 Å². The normalized spacial score (nSPS) is 13.7. The van der Waals surface area contributed by atoms with Crippen LogP contribution >= 0.6 is 0 Å². The van der Waals surface area contributed by atoms with Crippen LogP contribution in [0.25, 0.3) is 33.6 Å². The van der Waals surface area contributed by atoms with E-state index in [2.05, 4.69) is 92.7 Å². The summed E-state index contributed by atoms with van der Waals surface area (Å²) in [4.78, 5) is 13.8. The molecule has 6 heteroatoms. The third-order valence-corrected chi connectivity index (χ3v) is 6.83. The van der Waals surface area contributed by atoms with Crippen molar-refractivity contribution in [2.24, 2.45) is 5.10 Å². The molecule has 0 bridgehead atoms. The molecule has 7 rings (SSSR count). The number of anilines is 4. The van der Waals surface area contributed by atoms with Gasteiger partial charge in [0, 0.05) is 47.4 Å². The molecule has 0 fully saturated rings. The topological polar surface area (TPSA) is 47.9 Å². The fourth-order valence-electron chi connectivity index (χ4n) is 5.13. The molecule has 37 heavy (non-hydrogen) atoms. The maximum atomic E-state index is 4.85. The second kappa shape index (κ2) is 8.60. The molecule has 2 aromatic heterocycles. The van der Waals surface area contributed by atoms with E-state index in [0.29, 0.717) is 6.67 Å².